The third-order valence-electron chi connectivity index (χ3n) is 5.79. The van der Waals surface area contributed by atoms with E-state index in [2.05, 4.69) is 23.2 Å². The van der Waals surface area contributed by atoms with Gasteiger partial charge < -0.3 is 9.72 Å². The molecule has 0 spiro atoms. The van der Waals surface area contributed by atoms with Gasteiger partial charge in [0, 0.05) is 21.7 Å². The van der Waals surface area contributed by atoms with Gasteiger partial charge in [-0.1, -0.05) is 60.7 Å². The van der Waals surface area contributed by atoms with Gasteiger partial charge in [0.15, 0.2) is 0 Å². The molecule has 0 fully saturated rings. The number of ether oxygens (including phenoxy) is 1. The molecule has 3 aromatic heterocycles. The molecular weight excluding hydrogens is 416 g/mol. The Hall–Kier alpha value is -3.96. The number of H-pyrrole nitrogens is 1. The number of hydrogen-bond donors (Lipinski definition) is 1. The van der Waals surface area contributed by atoms with Crippen LogP contribution in [0.3, 0.4) is 0 Å². The Morgan fingerprint density at radius 1 is 0.844 bits per heavy atom. The summed E-state index contributed by atoms with van der Waals surface area (Å²) in [5.41, 5.74) is 4.80. The number of nitrogens with zero attached hydrogens (tertiary/aromatic N) is 1. The van der Waals surface area contributed by atoms with Gasteiger partial charge >= 0.3 is 0 Å². The van der Waals surface area contributed by atoms with Crippen molar-refractivity contribution in [1.82, 2.24) is 9.97 Å². The second kappa shape index (κ2) is 7.32. The van der Waals surface area contributed by atoms with Crippen molar-refractivity contribution < 1.29 is 4.74 Å². The molecule has 4 nitrogen and oxygen atoms in total. The monoisotopic (exact) mass is 434 g/mol. The largest absolute Gasteiger partial charge is 0.497 e. The summed E-state index contributed by atoms with van der Waals surface area (Å²) in [5, 5.41) is 2.62. The number of methoxy groups -OCH3 is 1. The van der Waals surface area contributed by atoms with Crippen molar-refractivity contribution in [3.8, 4) is 28.1 Å². The zero-order valence-electron chi connectivity index (χ0n) is 17.3. The zero-order chi connectivity index (χ0) is 21.7. The van der Waals surface area contributed by atoms with Gasteiger partial charge in [-0.3, -0.25) is 4.79 Å². The summed E-state index contributed by atoms with van der Waals surface area (Å²) in [7, 11) is 1.66. The lowest BCUT2D eigenvalue weighted by Gasteiger charge is -2.09. The Bertz CT molecular complexity index is 1670. The molecule has 32 heavy (non-hydrogen) atoms. The fraction of sp³-hybridized carbons (Fsp3) is 0.0370. The highest BCUT2D eigenvalue weighted by atomic mass is 32.1. The van der Waals surface area contributed by atoms with Crippen LogP contribution in [0, 0.1) is 0 Å². The van der Waals surface area contributed by atoms with Crippen molar-refractivity contribution in [3.63, 3.8) is 0 Å². The van der Waals surface area contributed by atoms with Gasteiger partial charge in [-0.25, -0.2) is 4.98 Å². The van der Waals surface area contributed by atoms with Crippen LogP contribution in [0.1, 0.15) is 0 Å². The van der Waals surface area contributed by atoms with E-state index in [0.717, 1.165) is 54.0 Å². The third-order valence-corrected chi connectivity index (χ3v) is 6.90. The number of rotatable bonds is 3. The van der Waals surface area contributed by atoms with E-state index in [9.17, 15) is 4.79 Å². The number of aromatic nitrogens is 2. The summed E-state index contributed by atoms with van der Waals surface area (Å²) >= 11 is 1.62. The Labute approximate surface area is 187 Å². The molecule has 5 heteroatoms. The fourth-order valence-corrected chi connectivity index (χ4v) is 5.42. The summed E-state index contributed by atoms with van der Waals surface area (Å²) in [6, 6.07) is 28.0. The normalized spacial score (nSPS) is 11.4. The molecule has 0 radical (unpaired) electrons. The molecule has 0 saturated heterocycles. The zero-order valence-corrected chi connectivity index (χ0v) is 18.1. The van der Waals surface area contributed by atoms with E-state index < -0.39 is 0 Å². The molecule has 0 aliphatic heterocycles. The first-order valence-corrected chi connectivity index (χ1v) is 11.1. The van der Waals surface area contributed by atoms with Crippen LogP contribution in [0.4, 0.5) is 0 Å². The molecule has 0 aliphatic carbocycles. The molecule has 0 saturated carbocycles. The van der Waals surface area contributed by atoms with Crippen LogP contribution in [-0.4, -0.2) is 17.1 Å². The molecule has 6 aromatic rings. The first-order valence-electron chi connectivity index (χ1n) is 10.3. The van der Waals surface area contributed by atoms with Crippen molar-refractivity contribution in [1.29, 1.82) is 0 Å². The summed E-state index contributed by atoms with van der Waals surface area (Å²) in [6.07, 6.45) is 0. The van der Waals surface area contributed by atoms with Crippen LogP contribution in [-0.2, 0) is 0 Å². The van der Waals surface area contributed by atoms with Crippen LogP contribution < -0.4 is 10.3 Å². The predicted octanol–water partition coefficient (Wildman–Crippen LogP) is 6.63. The Morgan fingerprint density at radius 2 is 1.56 bits per heavy atom. The molecule has 0 unspecified atom stereocenters. The molecule has 3 aromatic carbocycles. The minimum atomic E-state index is -0.0828. The van der Waals surface area contributed by atoms with Crippen LogP contribution in [0.25, 0.3) is 53.6 Å². The number of thiophene rings is 1. The van der Waals surface area contributed by atoms with Crippen molar-refractivity contribution in [2.24, 2.45) is 0 Å². The average Bonchev–Trinajstić information content (AvgIpc) is 3.23. The summed E-state index contributed by atoms with van der Waals surface area (Å²) in [5.74, 6) is 0.803. The average molecular weight is 435 g/mol. The maximum atomic E-state index is 12.9. The van der Waals surface area contributed by atoms with Gasteiger partial charge in [0.05, 0.1) is 23.0 Å². The van der Waals surface area contributed by atoms with E-state index in [4.69, 9.17) is 9.72 Å². The molecule has 0 bridgehead atoms. The summed E-state index contributed by atoms with van der Waals surface area (Å²) in [6.45, 7) is 0. The number of benzene rings is 3. The molecule has 6 rings (SSSR count). The quantitative estimate of drug-likeness (QED) is 0.340. The van der Waals surface area contributed by atoms with Crippen LogP contribution in [0.5, 0.6) is 5.75 Å². The highest BCUT2D eigenvalue weighted by Crippen LogP contribution is 2.42. The second-order valence-corrected chi connectivity index (χ2v) is 8.63. The third kappa shape index (κ3) is 2.90. The molecule has 0 aliphatic rings. The second-order valence-electron chi connectivity index (χ2n) is 7.64. The van der Waals surface area contributed by atoms with Crippen LogP contribution >= 0.6 is 11.3 Å². The van der Waals surface area contributed by atoms with Gasteiger partial charge in [-0.15, -0.1) is 11.3 Å². The van der Waals surface area contributed by atoms with Crippen molar-refractivity contribution in [2.45, 2.75) is 0 Å². The molecular formula is C27H18N2O2S. The molecule has 0 amide bonds. The van der Waals surface area contributed by atoms with E-state index in [0.29, 0.717) is 5.39 Å². The standard InChI is InChI=1S/C27H18N2O2S/c1-31-18-13-11-16(12-14-18)21-15-22(17-7-3-2-4-8-17)28-27-23(21)24-25(32-27)19-9-5-6-10-20(19)26(30)29-24/h2-15H,1H3,(H,29,30). The number of aromatic amines is 1. The molecule has 0 atom stereocenters. The van der Waals surface area contributed by atoms with Crippen molar-refractivity contribution in [2.75, 3.05) is 7.11 Å². The van der Waals surface area contributed by atoms with Crippen molar-refractivity contribution >= 4 is 42.5 Å². The minimum Gasteiger partial charge on any atom is -0.497 e. The van der Waals surface area contributed by atoms with Gasteiger partial charge in [-0.05, 0) is 35.4 Å². The Balaban J connectivity index is 1.75. The first-order chi connectivity index (χ1) is 15.7. The summed E-state index contributed by atoms with van der Waals surface area (Å²) in [4.78, 5) is 21.9. The maximum Gasteiger partial charge on any atom is 0.256 e. The van der Waals surface area contributed by atoms with E-state index in [1.165, 1.54) is 0 Å². The van der Waals surface area contributed by atoms with Gasteiger partial charge in [0.2, 0.25) is 0 Å². The van der Waals surface area contributed by atoms with Crippen molar-refractivity contribution in [3.05, 3.63) is 95.3 Å². The van der Waals surface area contributed by atoms with Gasteiger partial charge in [-0.2, -0.15) is 0 Å². The number of hydrogen-bond acceptors (Lipinski definition) is 4. The smallest absolute Gasteiger partial charge is 0.256 e. The number of pyridine rings is 2. The SMILES string of the molecule is COc1ccc(-c2cc(-c3ccccc3)nc3sc4c5ccccc5c(=O)[nH]c4c23)cc1. The highest BCUT2D eigenvalue weighted by molar-refractivity contribution is 7.26. The number of fused-ring (bicyclic) bond motifs is 5. The predicted molar refractivity (Wildman–Crippen MR) is 133 cm³/mol. The molecule has 1 N–H and O–H groups in total. The topological polar surface area (TPSA) is 55.0 Å². The lowest BCUT2D eigenvalue weighted by atomic mass is 9.99. The van der Waals surface area contributed by atoms with E-state index in [1.54, 1.807) is 18.4 Å². The van der Waals surface area contributed by atoms with Gasteiger partial charge in [0.25, 0.3) is 5.56 Å². The van der Waals surface area contributed by atoms with E-state index in [-0.39, 0.29) is 5.56 Å². The Kier molecular flexibility index (Phi) is 4.30. The molecule has 154 valence electrons. The van der Waals surface area contributed by atoms with Crippen LogP contribution in [0.15, 0.2) is 89.7 Å². The van der Waals surface area contributed by atoms with Gasteiger partial charge in [0.1, 0.15) is 10.6 Å². The highest BCUT2D eigenvalue weighted by Gasteiger charge is 2.18. The maximum absolute atomic E-state index is 12.9. The van der Waals surface area contributed by atoms with Crippen LogP contribution in [0.2, 0.25) is 0 Å². The first kappa shape index (κ1) is 18.8. The minimum absolute atomic E-state index is 0.0828. The fourth-order valence-electron chi connectivity index (χ4n) is 4.22. The molecule has 3 heterocycles. The van der Waals surface area contributed by atoms with E-state index in [1.807, 2.05) is 66.7 Å². The van der Waals surface area contributed by atoms with E-state index >= 15 is 0 Å². The lowest BCUT2D eigenvalue weighted by molar-refractivity contribution is 0.415. The lowest BCUT2D eigenvalue weighted by Crippen LogP contribution is -2.05. The summed E-state index contributed by atoms with van der Waals surface area (Å²) < 4.78 is 6.39. The Morgan fingerprint density at radius 3 is 2.31 bits per heavy atom. The number of nitrogens with one attached hydrogen (secondary N) is 1.